The highest BCUT2D eigenvalue weighted by atomic mass is 32.2. The van der Waals surface area contributed by atoms with Gasteiger partial charge in [-0.3, -0.25) is 0 Å². The molecule has 1 aliphatic heterocycles. The van der Waals surface area contributed by atoms with Crippen LogP contribution in [0.4, 0.5) is 5.82 Å². The summed E-state index contributed by atoms with van der Waals surface area (Å²) in [7, 11) is -3.42. The van der Waals surface area contributed by atoms with Crippen molar-refractivity contribution in [1.82, 2.24) is 9.71 Å². The molecule has 6 heteroatoms. The molecule has 3 aliphatic rings. The summed E-state index contributed by atoms with van der Waals surface area (Å²) in [5.41, 5.74) is 0. The number of aromatic nitrogens is 1. The third-order valence-electron chi connectivity index (χ3n) is 5.98. The fraction of sp³-hybridized carbons (Fsp3) is 0.722. The van der Waals surface area contributed by atoms with Crippen molar-refractivity contribution in [1.29, 1.82) is 0 Å². The lowest BCUT2D eigenvalue weighted by Crippen LogP contribution is -2.35. The fourth-order valence-electron chi connectivity index (χ4n) is 4.37. The molecular formula is C18H27N3O2S. The van der Waals surface area contributed by atoms with Crippen LogP contribution >= 0.6 is 0 Å². The normalized spacial score (nSPS) is 30.4. The second kappa shape index (κ2) is 6.30. The molecule has 2 aliphatic carbocycles. The Morgan fingerprint density at radius 3 is 2.71 bits per heavy atom. The van der Waals surface area contributed by atoms with Crippen LogP contribution in [0, 0.1) is 17.8 Å². The maximum atomic E-state index is 12.3. The first kappa shape index (κ1) is 16.3. The Hall–Kier alpha value is -1.14. The van der Waals surface area contributed by atoms with Gasteiger partial charge in [0.15, 0.2) is 0 Å². The zero-order valence-electron chi connectivity index (χ0n) is 14.3. The number of rotatable bonds is 5. The summed E-state index contributed by atoms with van der Waals surface area (Å²) < 4.78 is 27.3. The van der Waals surface area contributed by atoms with Crippen LogP contribution in [0.5, 0.6) is 0 Å². The highest BCUT2D eigenvalue weighted by Crippen LogP contribution is 2.41. The molecule has 0 aromatic carbocycles. The Bertz CT molecular complexity index is 685. The highest BCUT2D eigenvalue weighted by Gasteiger charge is 2.41. The minimum absolute atomic E-state index is 0.277. The molecule has 1 aromatic rings. The van der Waals surface area contributed by atoms with Crippen LogP contribution in [-0.4, -0.2) is 32.5 Å². The lowest BCUT2D eigenvalue weighted by Gasteiger charge is -2.32. The van der Waals surface area contributed by atoms with Crippen molar-refractivity contribution >= 4 is 15.8 Å². The molecule has 0 radical (unpaired) electrons. The topological polar surface area (TPSA) is 62.3 Å². The van der Waals surface area contributed by atoms with E-state index in [1.165, 1.54) is 31.9 Å². The Morgan fingerprint density at radius 1 is 1.21 bits per heavy atom. The van der Waals surface area contributed by atoms with Crippen LogP contribution < -0.4 is 9.62 Å². The van der Waals surface area contributed by atoms with E-state index in [0.717, 1.165) is 31.1 Å². The van der Waals surface area contributed by atoms with Gasteiger partial charge >= 0.3 is 0 Å². The smallest absolute Gasteiger partial charge is 0.242 e. The Balaban J connectivity index is 1.49. The highest BCUT2D eigenvalue weighted by molar-refractivity contribution is 7.89. The van der Waals surface area contributed by atoms with E-state index in [1.807, 2.05) is 6.07 Å². The molecule has 3 unspecified atom stereocenters. The maximum absolute atomic E-state index is 12.3. The molecular weight excluding hydrogens is 322 g/mol. The molecule has 4 rings (SSSR count). The molecule has 1 N–H and O–H groups in total. The lowest BCUT2D eigenvalue weighted by molar-refractivity contribution is 0.293. The van der Waals surface area contributed by atoms with Gasteiger partial charge < -0.3 is 4.90 Å². The molecule has 2 heterocycles. The molecule has 1 aromatic heterocycles. The van der Waals surface area contributed by atoms with E-state index in [2.05, 4.69) is 21.5 Å². The van der Waals surface area contributed by atoms with Crippen LogP contribution in [0.1, 0.15) is 45.4 Å². The zero-order valence-corrected chi connectivity index (χ0v) is 15.1. The third kappa shape index (κ3) is 3.18. The van der Waals surface area contributed by atoms with Crippen molar-refractivity contribution in [3.63, 3.8) is 0 Å². The van der Waals surface area contributed by atoms with E-state index < -0.39 is 10.0 Å². The van der Waals surface area contributed by atoms with Crippen molar-refractivity contribution in [3.8, 4) is 0 Å². The number of nitrogens with zero attached hydrogens (tertiary/aromatic N) is 2. The van der Waals surface area contributed by atoms with Crippen LogP contribution in [0.2, 0.25) is 0 Å². The monoisotopic (exact) mass is 349 g/mol. The average Bonchev–Trinajstić information content (AvgIpc) is 3.37. The summed E-state index contributed by atoms with van der Waals surface area (Å²) in [5, 5.41) is 0. The fourth-order valence-corrected chi connectivity index (χ4v) is 5.43. The van der Waals surface area contributed by atoms with E-state index in [1.54, 1.807) is 6.07 Å². The van der Waals surface area contributed by atoms with E-state index in [0.29, 0.717) is 24.4 Å². The van der Waals surface area contributed by atoms with Gasteiger partial charge in [-0.05, 0) is 55.6 Å². The second-order valence-corrected chi connectivity index (χ2v) is 9.56. The molecule has 3 atom stereocenters. The van der Waals surface area contributed by atoms with E-state index in [4.69, 9.17) is 0 Å². The quantitative estimate of drug-likeness (QED) is 0.888. The third-order valence-corrected chi connectivity index (χ3v) is 7.39. The van der Waals surface area contributed by atoms with Crippen molar-refractivity contribution < 1.29 is 8.42 Å². The van der Waals surface area contributed by atoms with Gasteiger partial charge in [0.2, 0.25) is 10.0 Å². The lowest BCUT2D eigenvalue weighted by atomic mass is 9.80. The number of anilines is 1. The van der Waals surface area contributed by atoms with Gasteiger partial charge in [0.05, 0.1) is 0 Å². The SMILES string of the molecule is CC1CN(c2ccc(S(=O)(=O)NCC3CC3)cn2)C2CCCCC12. The van der Waals surface area contributed by atoms with Crippen molar-refractivity contribution in [2.24, 2.45) is 17.8 Å². The first-order valence-electron chi connectivity index (χ1n) is 9.27. The Morgan fingerprint density at radius 2 is 2.00 bits per heavy atom. The molecule has 5 nitrogen and oxygen atoms in total. The van der Waals surface area contributed by atoms with Crippen LogP contribution in [0.15, 0.2) is 23.2 Å². The van der Waals surface area contributed by atoms with Gasteiger partial charge in [0.25, 0.3) is 0 Å². The van der Waals surface area contributed by atoms with E-state index in [-0.39, 0.29) is 4.90 Å². The number of hydrogen-bond acceptors (Lipinski definition) is 4. The number of fused-ring (bicyclic) bond motifs is 1. The summed E-state index contributed by atoms with van der Waals surface area (Å²) >= 11 is 0. The molecule has 3 fully saturated rings. The summed E-state index contributed by atoms with van der Waals surface area (Å²) in [6, 6.07) is 4.17. The zero-order chi connectivity index (χ0) is 16.7. The predicted molar refractivity (Wildman–Crippen MR) is 94.4 cm³/mol. The van der Waals surface area contributed by atoms with Gasteiger partial charge in [0, 0.05) is 25.3 Å². The van der Waals surface area contributed by atoms with E-state index in [9.17, 15) is 8.42 Å². The molecule has 0 bridgehead atoms. The summed E-state index contributed by atoms with van der Waals surface area (Å²) in [6.07, 6.45) is 8.98. The minimum Gasteiger partial charge on any atom is -0.353 e. The van der Waals surface area contributed by atoms with Crippen molar-refractivity contribution in [2.45, 2.75) is 56.4 Å². The number of sulfonamides is 1. The number of nitrogens with one attached hydrogen (secondary N) is 1. The summed E-state index contributed by atoms with van der Waals surface area (Å²) in [4.78, 5) is 7.18. The molecule has 132 valence electrons. The van der Waals surface area contributed by atoms with Gasteiger partial charge in [-0.15, -0.1) is 0 Å². The second-order valence-electron chi connectivity index (χ2n) is 7.79. The molecule has 24 heavy (non-hydrogen) atoms. The molecule has 0 spiro atoms. The molecule has 2 saturated carbocycles. The minimum atomic E-state index is -3.42. The first-order chi connectivity index (χ1) is 11.5. The molecule has 0 amide bonds. The van der Waals surface area contributed by atoms with Crippen LogP contribution in [0.25, 0.3) is 0 Å². The predicted octanol–water partition coefficient (Wildman–Crippen LogP) is 2.78. The van der Waals surface area contributed by atoms with Crippen LogP contribution in [-0.2, 0) is 10.0 Å². The first-order valence-corrected chi connectivity index (χ1v) is 10.8. The maximum Gasteiger partial charge on any atom is 0.242 e. The number of hydrogen-bond donors (Lipinski definition) is 1. The van der Waals surface area contributed by atoms with Crippen LogP contribution in [0.3, 0.4) is 0 Å². The van der Waals surface area contributed by atoms with Gasteiger partial charge in [-0.1, -0.05) is 19.8 Å². The van der Waals surface area contributed by atoms with E-state index >= 15 is 0 Å². The van der Waals surface area contributed by atoms with Crippen molar-refractivity contribution in [2.75, 3.05) is 18.0 Å². The summed E-state index contributed by atoms with van der Waals surface area (Å²) in [6.45, 7) is 3.93. The standard InChI is InChI=1S/C18H27N3O2S/c1-13-12-21(17-5-3-2-4-16(13)17)18-9-8-15(11-19-18)24(22,23)20-10-14-6-7-14/h8-9,11,13-14,16-17,20H,2-7,10,12H2,1H3. The Kier molecular flexibility index (Phi) is 4.29. The largest absolute Gasteiger partial charge is 0.353 e. The number of pyridine rings is 1. The average molecular weight is 350 g/mol. The summed E-state index contributed by atoms with van der Waals surface area (Å²) in [5.74, 6) is 2.92. The Labute approximate surface area is 144 Å². The van der Waals surface area contributed by atoms with Crippen molar-refractivity contribution in [3.05, 3.63) is 18.3 Å². The van der Waals surface area contributed by atoms with Gasteiger partial charge in [-0.25, -0.2) is 18.1 Å². The molecule has 1 saturated heterocycles. The van der Waals surface area contributed by atoms with Gasteiger partial charge in [-0.2, -0.15) is 0 Å². The van der Waals surface area contributed by atoms with Gasteiger partial charge in [0.1, 0.15) is 10.7 Å².